The fourth-order valence-electron chi connectivity index (χ4n) is 2.84. The van der Waals surface area contributed by atoms with Gasteiger partial charge in [-0.25, -0.2) is 0 Å². The van der Waals surface area contributed by atoms with Crippen LogP contribution in [0, 0.1) is 0 Å². The average Bonchev–Trinajstić information content (AvgIpc) is 2.59. The van der Waals surface area contributed by atoms with Gasteiger partial charge in [0.25, 0.3) is 5.91 Å². The molecule has 0 aromatic heterocycles. The SMILES string of the molecule is CC(NC(=O)COc1ccc(C(C)(C)C)cc1)c1ccc(C(C)(C)C)cc1. The first-order valence-electron chi connectivity index (χ1n) is 9.60. The van der Waals surface area contributed by atoms with Crippen LogP contribution in [0.1, 0.15) is 71.2 Å². The number of ether oxygens (including phenoxy) is 1. The predicted octanol–water partition coefficient (Wildman–Crippen LogP) is 5.54. The normalized spacial score (nSPS) is 13.1. The Bertz CT molecular complexity index is 747. The lowest BCUT2D eigenvalue weighted by molar-refractivity contribution is -0.123. The summed E-state index contributed by atoms with van der Waals surface area (Å²) in [5.74, 6) is 0.586. The quantitative estimate of drug-likeness (QED) is 0.754. The summed E-state index contributed by atoms with van der Waals surface area (Å²) in [4.78, 5) is 12.2. The summed E-state index contributed by atoms with van der Waals surface area (Å²) in [6, 6.07) is 16.3. The Morgan fingerprint density at radius 1 is 0.852 bits per heavy atom. The first kappa shape index (κ1) is 21.0. The van der Waals surface area contributed by atoms with E-state index in [-0.39, 0.29) is 29.4 Å². The van der Waals surface area contributed by atoms with E-state index in [1.54, 1.807) is 0 Å². The van der Waals surface area contributed by atoms with E-state index in [1.807, 2.05) is 31.2 Å². The summed E-state index contributed by atoms with van der Waals surface area (Å²) in [7, 11) is 0. The molecule has 3 heteroatoms. The molecular formula is C24H33NO2. The molecule has 0 aliphatic carbocycles. The molecule has 1 atom stereocenters. The van der Waals surface area contributed by atoms with Crippen LogP contribution in [0.5, 0.6) is 5.75 Å². The highest BCUT2D eigenvalue weighted by molar-refractivity contribution is 5.78. The maximum absolute atomic E-state index is 12.2. The highest BCUT2D eigenvalue weighted by atomic mass is 16.5. The maximum atomic E-state index is 12.2. The molecule has 0 fully saturated rings. The third kappa shape index (κ3) is 6.13. The number of rotatable bonds is 5. The van der Waals surface area contributed by atoms with Gasteiger partial charge in [-0.2, -0.15) is 0 Å². The van der Waals surface area contributed by atoms with Crippen molar-refractivity contribution in [1.82, 2.24) is 5.32 Å². The minimum atomic E-state index is -0.123. The third-order valence-electron chi connectivity index (χ3n) is 4.74. The molecule has 3 nitrogen and oxygen atoms in total. The summed E-state index contributed by atoms with van der Waals surface area (Å²) >= 11 is 0. The van der Waals surface area contributed by atoms with Gasteiger partial charge >= 0.3 is 0 Å². The molecule has 146 valence electrons. The van der Waals surface area contributed by atoms with Gasteiger partial charge in [0.1, 0.15) is 5.75 Å². The van der Waals surface area contributed by atoms with E-state index >= 15 is 0 Å². The lowest BCUT2D eigenvalue weighted by atomic mass is 9.86. The second kappa shape index (κ2) is 8.16. The van der Waals surface area contributed by atoms with Crippen LogP contribution >= 0.6 is 0 Å². The lowest BCUT2D eigenvalue weighted by Gasteiger charge is -2.21. The second-order valence-corrected chi connectivity index (χ2v) is 9.22. The Hall–Kier alpha value is -2.29. The second-order valence-electron chi connectivity index (χ2n) is 9.22. The van der Waals surface area contributed by atoms with E-state index in [0.717, 1.165) is 5.56 Å². The molecule has 2 rings (SSSR count). The van der Waals surface area contributed by atoms with Crippen molar-refractivity contribution in [3.63, 3.8) is 0 Å². The molecule has 2 aromatic carbocycles. The van der Waals surface area contributed by atoms with Gasteiger partial charge in [0.05, 0.1) is 6.04 Å². The van der Waals surface area contributed by atoms with Crippen molar-refractivity contribution < 1.29 is 9.53 Å². The van der Waals surface area contributed by atoms with E-state index in [2.05, 4.69) is 71.1 Å². The van der Waals surface area contributed by atoms with Crippen molar-refractivity contribution in [3.8, 4) is 5.75 Å². The van der Waals surface area contributed by atoms with Crippen molar-refractivity contribution in [3.05, 3.63) is 65.2 Å². The van der Waals surface area contributed by atoms with E-state index in [4.69, 9.17) is 4.74 Å². The highest BCUT2D eigenvalue weighted by Gasteiger charge is 2.16. The summed E-state index contributed by atoms with van der Waals surface area (Å²) in [5.41, 5.74) is 3.85. The molecule has 0 radical (unpaired) electrons. The van der Waals surface area contributed by atoms with Crippen LogP contribution in [0.3, 0.4) is 0 Å². The molecule has 1 unspecified atom stereocenters. The average molecular weight is 368 g/mol. The molecule has 0 saturated heterocycles. The fourth-order valence-corrected chi connectivity index (χ4v) is 2.84. The zero-order valence-corrected chi connectivity index (χ0v) is 17.7. The van der Waals surface area contributed by atoms with Crippen LogP contribution in [0.15, 0.2) is 48.5 Å². The number of amides is 1. The summed E-state index contributed by atoms with van der Waals surface area (Å²) in [6.07, 6.45) is 0. The van der Waals surface area contributed by atoms with Crippen LogP contribution < -0.4 is 10.1 Å². The predicted molar refractivity (Wildman–Crippen MR) is 112 cm³/mol. The Balaban J connectivity index is 1.88. The van der Waals surface area contributed by atoms with Crippen molar-refractivity contribution >= 4 is 5.91 Å². The Labute approximate surface area is 164 Å². The van der Waals surface area contributed by atoms with E-state index in [1.165, 1.54) is 11.1 Å². The minimum Gasteiger partial charge on any atom is -0.484 e. The zero-order chi connectivity index (χ0) is 20.2. The molecule has 0 heterocycles. The number of hydrogen-bond donors (Lipinski definition) is 1. The molecule has 0 bridgehead atoms. The number of nitrogens with one attached hydrogen (secondary N) is 1. The standard InChI is InChI=1S/C24H33NO2/c1-17(18-8-10-19(11-9-18)23(2,3)4)25-22(26)16-27-21-14-12-20(13-15-21)24(5,6)7/h8-15,17H,16H2,1-7H3,(H,25,26). The molecule has 1 N–H and O–H groups in total. The number of benzene rings is 2. The van der Waals surface area contributed by atoms with Gasteiger partial charge in [-0.3, -0.25) is 4.79 Å². The van der Waals surface area contributed by atoms with Crippen LogP contribution in [-0.4, -0.2) is 12.5 Å². The first-order chi connectivity index (χ1) is 12.5. The zero-order valence-electron chi connectivity index (χ0n) is 17.7. The minimum absolute atomic E-state index is 0.0132. The molecular weight excluding hydrogens is 334 g/mol. The number of carbonyl (C=O) groups is 1. The highest BCUT2D eigenvalue weighted by Crippen LogP contribution is 2.25. The molecule has 0 aliphatic heterocycles. The summed E-state index contributed by atoms with van der Waals surface area (Å²) in [5, 5.41) is 3.00. The Morgan fingerprint density at radius 2 is 1.30 bits per heavy atom. The van der Waals surface area contributed by atoms with Crippen molar-refractivity contribution in [1.29, 1.82) is 0 Å². The molecule has 0 spiro atoms. The van der Waals surface area contributed by atoms with Crippen molar-refractivity contribution in [2.45, 2.75) is 65.3 Å². The first-order valence-corrected chi connectivity index (χ1v) is 9.60. The van der Waals surface area contributed by atoms with Crippen LogP contribution in [0.25, 0.3) is 0 Å². The largest absolute Gasteiger partial charge is 0.484 e. The van der Waals surface area contributed by atoms with Crippen molar-refractivity contribution in [2.75, 3.05) is 6.61 Å². The van der Waals surface area contributed by atoms with Gasteiger partial charge in [-0.1, -0.05) is 77.9 Å². The van der Waals surface area contributed by atoms with Crippen LogP contribution in [0.4, 0.5) is 0 Å². The van der Waals surface area contributed by atoms with E-state index < -0.39 is 0 Å². The van der Waals surface area contributed by atoms with Crippen LogP contribution in [0.2, 0.25) is 0 Å². The molecule has 2 aromatic rings. The summed E-state index contributed by atoms with van der Waals surface area (Å²) < 4.78 is 5.62. The Morgan fingerprint density at radius 3 is 1.74 bits per heavy atom. The Kier molecular flexibility index (Phi) is 6.35. The van der Waals surface area contributed by atoms with Gasteiger partial charge < -0.3 is 10.1 Å². The monoisotopic (exact) mass is 367 g/mol. The van der Waals surface area contributed by atoms with Gasteiger partial charge in [0.2, 0.25) is 0 Å². The topological polar surface area (TPSA) is 38.3 Å². The van der Waals surface area contributed by atoms with Crippen molar-refractivity contribution in [2.24, 2.45) is 0 Å². The summed E-state index contributed by atoms with van der Waals surface area (Å²) in [6.45, 7) is 15.1. The molecule has 27 heavy (non-hydrogen) atoms. The van der Waals surface area contributed by atoms with Gasteiger partial charge in [0, 0.05) is 0 Å². The lowest BCUT2D eigenvalue weighted by Crippen LogP contribution is -2.31. The fraction of sp³-hybridized carbons (Fsp3) is 0.458. The third-order valence-corrected chi connectivity index (χ3v) is 4.74. The maximum Gasteiger partial charge on any atom is 0.258 e. The van der Waals surface area contributed by atoms with E-state index in [9.17, 15) is 4.79 Å². The smallest absolute Gasteiger partial charge is 0.258 e. The van der Waals surface area contributed by atoms with E-state index in [0.29, 0.717) is 5.75 Å². The number of hydrogen-bond acceptors (Lipinski definition) is 2. The molecule has 0 saturated carbocycles. The van der Waals surface area contributed by atoms with Gasteiger partial charge in [-0.15, -0.1) is 0 Å². The van der Waals surface area contributed by atoms with Gasteiger partial charge in [0.15, 0.2) is 6.61 Å². The van der Waals surface area contributed by atoms with Gasteiger partial charge in [-0.05, 0) is 46.6 Å². The molecule has 0 aliphatic rings. The van der Waals surface area contributed by atoms with Crippen LogP contribution in [-0.2, 0) is 15.6 Å². The number of carbonyl (C=O) groups excluding carboxylic acids is 1. The molecule has 1 amide bonds.